The minimum absolute atomic E-state index is 0.272. The molecule has 0 saturated heterocycles. The zero-order valence-corrected chi connectivity index (χ0v) is 20.2. The van der Waals surface area contributed by atoms with E-state index in [0.29, 0.717) is 24.4 Å². The Labute approximate surface area is 210 Å². The van der Waals surface area contributed by atoms with Crippen molar-refractivity contribution in [3.63, 3.8) is 0 Å². The Morgan fingerprint density at radius 1 is 0.771 bits per heavy atom. The summed E-state index contributed by atoms with van der Waals surface area (Å²) < 4.78 is 0. The highest BCUT2D eigenvalue weighted by molar-refractivity contribution is 6.30. The normalized spacial score (nSPS) is 14.9. The Morgan fingerprint density at radius 3 is 2.17 bits per heavy atom. The molecule has 35 heavy (non-hydrogen) atoms. The molecule has 0 spiro atoms. The molecule has 0 radical (unpaired) electrons. The first-order chi connectivity index (χ1) is 17.2. The minimum atomic E-state index is 0.272. The predicted octanol–water partition coefficient (Wildman–Crippen LogP) is 5.28. The van der Waals surface area contributed by atoms with Gasteiger partial charge in [0.1, 0.15) is 0 Å². The maximum absolute atomic E-state index is 6.04. The first-order valence-corrected chi connectivity index (χ1v) is 12.5. The van der Waals surface area contributed by atoms with E-state index in [9.17, 15) is 0 Å². The van der Waals surface area contributed by atoms with Crippen LogP contribution in [-0.2, 0) is 32.4 Å². The zero-order chi connectivity index (χ0) is 23.6. The number of anilines is 3. The van der Waals surface area contributed by atoms with Crippen molar-refractivity contribution in [2.45, 2.75) is 38.4 Å². The molecule has 2 heterocycles. The molecule has 0 amide bonds. The van der Waals surface area contributed by atoms with Gasteiger partial charge in [-0.15, -0.1) is 0 Å². The number of rotatable bonds is 6. The number of aromatic nitrogens is 3. The zero-order valence-electron chi connectivity index (χ0n) is 19.4. The molecule has 0 saturated carbocycles. The van der Waals surface area contributed by atoms with Crippen LogP contribution < -0.4 is 15.5 Å². The van der Waals surface area contributed by atoms with Crippen LogP contribution in [0.15, 0.2) is 72.8 Å². The van der Waals surface area contributed by atoms with Crippen LogP contribution in [0.5, 0.6) is 0 Å². The molecule has 4 aromatic rings. The summed E-state index contributed by atoms with van der Waals surface area (Å²) in [6.45, 7) is 2.29. The van der Waals surface area contributed by atoms with Crippen LogP contribution in [0, 0.1) is 0 Å². The van der Waals surface area contributed by atoms with Gasteiger partial charge in [-0.2, -0.15) is 15.0 Å². The molecule has 7 heteroatoms. The van der Waals surface area contributed by atoms with Crippen molar-refractivity contribution in [3.8, 4) is 0 Å². The maximum atomic E-state index is 6.04. The fourth-order valence-corrected chi connectivity index (χ4v) is 5.07. The smallest absolute Gasteiger partial charge is 0.232 e. The van der Waals surface area contributed by atoms with E-state index in [2.05, 4.69) is 64.1 Å². The number of fused-ring (bicyclic) bond motifs is 2. The quantitative estimate of drug-likeness (QED) is 0.390. The molecule has 3 aromatic carbocycles. The summed E-state index contributed by atoms with van der Waals surface area (Å²) in [5.74, 6) is 1.89. The summed E-state index contributed by atoms with van der Waals surface area (Å²) in [6, 6.07) is 25.3. The second-order valence-electron chi connectivity index (χ2n) is 9.22. The van der Waals surface area contributed by atoms with Gasteiger partial charge in [0.15, 0.2) is 0 Å². The van der Waals surface area contributed by atoms with Crippen molar-refractivity contribution in [2.24, 2.45) is 0 Å². The highest BCUT2D eigenvalue weighted by Crippen LogP contribution is 2.26. The Balaban J connectivity index is 1.25. The van der Waals surface area contributed by atoms with Gasteiger partial charge < -0.3 is 15.5 Å². The molecule has 0 atom stereocenters. The third kappa shape index (κ3) is 4.93. The van der Waals surface area contributed by atoms with Gasteiger partial charge in [0.05, 0.1) is 0 Å². The lowest BCUT2D eigenvalue weighted by Gasteiger charge is -2.29. The molecule has 0 unspecified atom stereocenters. The lowest BCUT2D eigenvalue weighted by molar-refractivity contribution is 0.700. The van der Waals surface area contributed by atoms with E-state index >= 15 is 0 Å². The summed E-state index contributed by atoms with van der Waals surface area (Å²) in [5.41, 5.74) is 6.64. The van der Waals surface area contributed by atoms with Crippen molar-refractivity contribution < 1.29 is 0 Å². The molecule has 1 aliphatic heterocycles. The number of hydrogen-bond donors (Lipinski definition) is 2. The molecule has 2 N–H and O–H groups in total. The average Bonchev–Trinajstić information content (AvgIpc) is 3.30. The highest BCUT2D eigenvalue weighted by Gasteiger charge is 2.24. The van der Waals surface area contributed by atoms with Gasteiger partial charge >= 0.3 is 0 Å². The number of benzene rings is 3. The third-order valence-corrected chi connectivity index (χ3v) is 7.04. The van der Waals surface area contributed by atoms with E-state index in [-0.39, 0.29) is 6.04 Å². The van der Waals surface area contributed by atoms with Crippen molar-refractivity contribution in [1.82, 2.24) is 15.0 Å². The molecule has 1 aromatic heterocycles. The van der Waals surface area contributed by atoms with Gasteiger partial charge in [0, 0.05) is 30.7 Å². The van der Waals surface area contributed by atoms with Crippen molar-refractivity contribution >= 4 is 29.4 Å². The number of halogens is 1. The SMILES string of the molecule is Clc1ccc(CNc2nc(NC3Cc4ccccc4C3)nc(N3CCc4ccccc4C3)n2)cc1. The summed E-state index contributed by atoms with van der Waals surface area (Å²) in [5, 5.41) is 7.70. The molecule has 6 nitrogen and oxygen atoms in total. The van der Waals surface area contributed by atoms with Gasteiger partial charge in [-0.05, 0) is 59.2 Å². The Hall–Kier alpha value is -3.64. The highest BCUT2D eigenvalue weighted by atomic mass is 35.5. The van der Waals surface area contributed by atoms with E-state index < -0.39 is 0 Å². The van der Waals surface area contributed by atoms with E-state index in [1.54, 1.807) is 0 Å². The van der Waals surface area contributed by atoms with Crippen molar-refractivity contribution in [3.05, 3.63) is 106 Å². The number of nitrogens with zero attached hydrogens (tertiary/aromatic N) is 4. The van der Waals surface area contributed by atoms with Crippen LogP contribution in [0.3, 0.4) is 0 Å². The van der Waals surface area contributed by atoms with E-state index in [4.69, 9.17) is 26.6 Å². The summed E-state index contributed by atoms with van der Waals surface area (Å²) in [6.07, 6.45) is 2.93. The van der Waals surface area contributed by atoms with Gasteiger partial charge in [-0.25, -0.2) is 0 Å². The lowest BCUT2D eigenvalue weighted by atomic mass is 10.0. The molecule has 0 bridgehead atoms. The second kappa shape index (κ2) is 9.55. The van der Waals surface area contributed by atoms with Crippen molar-refractivity contribution in [1.29, 1.82) is 0 Å². The molecular weight excluding hydrogens is 456 g/mol. The van der Waals surface area contributed by atoms with Gasteiger partial charge in [0.25, 0.3) is 0 Å². The molecule has 1 aliphatic carbocycles. The van der Waals surface area contributed by atoms with E-state index in [1.165, 1.54) is 22.3 Å². The third-order valence-electron chi connectivity index (χ3n) is 6.79. The fourth-order valence-electron chi connectivity index (χ4n) is 4.94. The molecule has 176 valence electrons. The lowest BCUT2D eigenvalue weighted by Crippen LogP contribution is -2.32. The Bertz CT molecular complexity index is 1310. The summed E-state index contributed by atoms with van der Waals surface area (Å²) >= 11 is 6.04. The maximum Gasteiger partial charge on any atom is 0.232 e. The predicted molar refractivity (Wildman–Crippen MR) is 141 cm³/mol. The number of hydrogen-bond acceptors (Lipinski definition) is 6. The Morgan fingerprint density at radius 2 is 1.43 bits per heavy atom. The van der Waals surface area contributed by atoms with Crippen molar-refractivity contribution in [2.75, 3.05) is 22.1 Å². The second-order valence-corrected chi connectivity index (χ2v) is 9.66. The summed E-state index contributed by atoms with van der Waals surface area (Å²) in [4.78, 5) is 16.6. The van der Waals surface area contributed by atoms with Crippen LogP contribution in [0.2, 0.25) is 5.02 Å². The monoisotopic (exact) mass is 482 g/mol. The summed E-state index contributed by atoms with van der Waals surface area (Å²) in [7, 11) is 0. The molecular formula is C28H27ClN6. The molecule has 0 fully saturated rings. The van der Waals surface area contributed by atoms with Gasteiger partial charge in [-0.1, -0.05) is 72.3 Å². The largest absolute Gasteiger partial charge is 0.351 e. The standard InChI is InChI=1S/C28H27ClN6/c29-24-11-9-19(10-12-24)17-30-26-32-27(31-25-15-21-6-2-3-7-22(21)16-25)34-28(33-26)35-14-13-20-5-1-4-8-23(20)18-35/h1-12,25H,13-18H2,(H2,30,31,32,33,34). The molecule has 2 aliphatic rings. The topological polar surface area (TPSA) is 66.0 Å². The average molecular weight is 483 g/mol. The Kier molecular flexibility index (Phi) is 5.96. The van der Waals surface area contributed by atoms with Gasteiger partial charge in [-0.3, -0.25) is 0 Å². The minimum Gasteiger partial charge on any atom is -0.351 e. The molecule has 6 rings (SSSR count). The van der Waals surface area contributed by atoms with E-state index in [1.807, 2.05) is 24.3 Å². The number of nitrogens with one attached hydrogen (secondary N) is 2. The van der Waals surface area contributed by atoms with Crippen LogP contribution in [0.4, 0.5) is 17.8 Å². The first-order valence-electron chi connectivity index (χ1n) is 12.1. The van der Waals surface area contributed by atoms with E-state index in [0.717, 1.165) is 42.9 Å². The van der Waals surface area contributed by atoms with Gasteiger partial charge in [0.2, 0.25) is 17.8 Å². The van der Waals surface area contributed by atoms with Crippen LogP contribution >= 0.6 is 11.6 Å². The van der Waals surface area contributed by atoms with Crippen LogP contribution in [0.1, 0.15) is 27.8 Å². The van der Waals surface area contributed by atoms with Crippen LogP contribution in [0.25, 0.3) is 0 Å². The fraction of sp³-hybridized carbons (Fsp3) is 0.250. The first kappa shape index (κ1) is 21.9. The van der Waals surface area contributed by atoms with Crippen LogP contribution in [-0.4, -0.2) is 27.5 Å².